The second kappa shape index (κ2) is 9.85. The fourth-order valence-electron chi connectivity index (χ4n) is 4.15. The van der Waals surface area contributed by atoms with Crippen molar-refractivity contribution in [2.45, 2.75) is 38.6 Å². The zero-order valence-corrected chi connectivity index (χ0v) is 18.5. The normalized spacial score (nSPS) is 15.5. The van der Waals surface area contributed by atoms with Crippen LogP contribution in [0.5, 0.6) is 0 Å². The van der Waals surface area contributed by atoms with Crippen LogP contribution in [0.3, 0.4) is 0 Å². The van der Waals surface area contributed by atoms with Gasteiger partial charge in [0.1, 0.15) is 17.1 Å². The molecule has 2 heterocycles. The fourth-order valence-corrected chi connectivity index (χ4v) is 4.15. The highest BCUT2D eigenvalue weighted by atomic mass is 19.1. The molecular formula is C25H27FN4O3. The number of aromatic nitrogens is 1. The second-order valence-electron chi connectivity index (χ2n) is 8.22. The van der Waals surface area contributed by atoms with Gasteiger partial charge < -0.3 is 20.3 Å². The van der Waals surface area contributed by atoms with Crippen LogP contribution >= 0.6 is 0 Å². The number of guanidine groups is 1. The minimum atomic E-state index is -1.17. The van der Waals surface area contributed by atoms with E-state index in [1.54, 1.807) is 19.1 Å². The minimum absolute atomic E-state index is 0.00148. The Labute approximate surface area is 191 Å². The molecule has 2 aromatic carbocycles. The first-order chi connectivity index (χ1) is 16.0. The molecule has 0 bridgehead atoms. The van der Waals surface area contributed by atoms with Gasteiger partial charge in [-0.3, -0.25) is 0 Å². The summed E-state index contributed by atoms with van der Waals surface area (Å²) in [5.41, 5.74) is 8.08. The number of rotatable bonds is 6. The number of nitrogens with zero attached hydrogens (tertiary/aromatic N) is 3. The van der Waals surface area contributed by atoms with E-state index in [9.17, 15) is 14.3 Å². The van der Waals surface area contributed by atoms with E-state index in [0.717, 1.165) is 31.5 Å². The van der Waals surface area contributed by atoms with Gasteiger partial charge in [0.25, 0.3) is 0 Å². The molecule has 0 saturated carbocycles. The predicted molar refractivity (Wildman–Crippen MR) is 124 cm³/mol. The van der Waals surface area contributed by atoms with Crippen LogP contribution in [0.2, 0.25) is 0 Å². The number of hydrogen-bond acceptors (Lipinski definition) is 4. The Morgan fingerprint density at radius 3 is 2.61 bits per heavy atom. The molecule has 1 aromatic heterocycles. The van der Waals surface area contributed by atoms with Crippen LogP contribution in [0.1, 0.15) is 59.5 Å². The standard InChI is InChI=1S/C25H27FN4O3/c1-16(18-10-11-19(20(26)14-18)17-8-4-2-5-9-17)23-22(24(31)32)21(29-33-23)15-28-25(27)30-12-6-3-7-13-30/h2,4-5,8-11,14,16H,3,6-7,12-13,15H2,1H3,(H2,27,28)(H,31,32). The number of piperidine rings is 1. The Balaban J connectivity index is 1.58. The quantitative estimate of drug-likeness (QED) is 0.419. The van der Waals surface area contributed by atoms with Gasteiger partial charge in [-0.15, -0.1) is 0 Å². The number of hydrogen-bond donors (Lipinski definition) is 2. The smallest absolute Gasteiger partial charge is 0.341 e. The van der Waals surface area contributed by atoms with Crippen LogP contribution in [0.15, 0.2) is 58.0 Å². The maximum Gasteiger partial charge on any atom is 0.341 e. The molecule has 1 aliphatic heterocycles. The van der Waals surface area contributed by atoms with Crippen molar-refractivity contribution in [2.75, 3.05) is 13.1 Å². The van der Waals surface area contributed by atoms with Crippen molar-refractivity contribution in [2.24, 2.45) is 10.7 Å². The molecule has 1 atom stereocenters. The zero-order chi connectivity index (χ0) is 23.4. The van der Waals surface area contributed by atoms with Crippen molar-refractivity contribution >= 4 is 11.9 Å². The molecule has 1 saturated heterocycles. The van der Waals surface area contributed by atoms with Gasteiger partial charge in [-0.1, -0.05) is 54.5 Å². The number of carbonyl (C=O) groups is 1. The van der Waals surface area contributed by atoms with Gasteiger partial charge in [0, 0.05) is 24.6 Å². The third-order valence-corrected chi connectivity index (χ3v) is 6.05. The maximum atomic E-state index is 14.9. The highest BCUT2D eigenvalue weighted by molar-refractivity contribution is 5.90. The van der Waals surface area contributed by atoms with Crippen molar-refractivity contribution in [1.82, 2.24) is 10.1 Å². The van der Waals surface area contributed by atoms with E-state index < -0.39 is 11.9 Å². The average molecular weight is 451 g/mol. The zero-order valence-electron chi connectivity index (χ0n) is 18.5. The summed E-state index contributed by atoms with van der Waals surface area (Å²) >= 11 is 0. The SMILES string of the molecule is CC(c1ccc(-c2ccccc2)c(F)c1)c1onc(CN=C(N)N2CCCCC2)c1C(=O)O. The average Bonchev–Trinajstić information content (AvgIpc) is 3.27. The Morgan fingerprint density at radius 2 is 1.94 bits per heavy atom. The number of aromatic carboxylic acids is 1. The Morgan fingerprint density at radius 1 is 1.21 bits per heavy atom. The molecule has 0 radical (unpaired) electrons. The monoisotopic (exact) mass is 450 g/mol. The van der Waals surface area contributed by atoms with E-state index in [0.29, 0.717) is 17.1 Å². The van der Waals surface area contributed by atoms with Crippen LogP contribution in [0.25, 0.3) is 11.1 Å². The predicted octanol–water partition coefficient (Wildman–Crippen LogP) is 4.63. The van der Waals surface area contributed by atoms with Gasteiger partial charge in [-0.2, -0.15) is 0 Å². The molecule has 1 aliphatic rings. The molecule has 8 heteroatoms. The summed E-state index contributed by atoms with van der Waals surface area (Å²) in [4.78, 5) is 18.4. The molecule has 0 spiro atoms. The van der Waals surface area contributed by atoms with E-state index in [4.69, 9.17) is 10.3 Å². The number of benzene rings is 2. The fraction of sp³-hybridized carbons (Fsp3) is 0.320. The number of nitrogens with two attached hydrogens (primary N) is 1. The van der Waals surface area contributed by atoms with Crippen molar-refractivity contribution in [3.8, 4) is 11.1 Å². The summed E-state index contributed by atoms with van der Waals surface area (Å²) in [5, 5.41) is 13.8. The van der Waals surface area contributed by atoms with Crippen molar-refractivity contribution in [3.05, 3.63) is 76.9 Å². The highest BCUT2D eigenvalue weighted by Crippen LogP contribution is 2.32. The largest absolute Gasteiger partial charge is 0.477 e. The summed E-state index contributed by atoms with van der Waals surface area (Å²) in [7, 11) is 0. The number of likely N-dealkylation sites (tertiary alicyclic amines) is 1. The lowest BCUT2D eigenvalue weighted by molar-refractivity contribution is 0.0693. The lowest BCUT2D eigenvalue weighted by Gasteiger charge is -2.27. The molecule has 7 nitrogen and oxygen atoms in total. The van der Waals surface area contributed by atoms with Crippen molar-refractivity contribution < 1.29 is 18.8 Å². The van der Waals surface area contributed by atoms with E-state index in [1.165, 1.54) is 12.5 Å². The number of carboxylic acids is 1. The topological polar surface area (TPSA) is 105 Å². The van der Waals surface area contributed by atoms with E-state index in [2.05, 4.69) is 10.1 Å². The van der Waals surface area contributed by atoms with Gasteiger partial charge in [0.05, 0.1) is 6.54 Å². The molecule has 4 rings (SSSR count). The Kier molecular flexibility index (Phi) is 6.72. The highest BCUT2D eigenvalue weighted by Gasteiger charge is 2.27. The molecule has 3 N–H and O–H groups in total. The molecule has 3 aromatic rings. The van der Waals surface area contributed by atoms with Gasteiger partial charge >= 0.3 is 5.97 Å². The van der Waals surface area contributed by atoms with E-state index in [1.807, 2.05) is 35.2 Å². The summed E-state index contributed by atoms with van der Waals surface area (Å²) in [5.74, 6) is -1.53. The van der Waals surface area contributed by atoms with Gasteiger partial charge in [0.2, 0.25) is 0 Å². The molecule has 1 fully saturated rings. The van der Waals surface area contributed by atoms with E-state index >= 15 is 0 Å². The molecule has 172 valence electrons. The number of halogens is 1. The van der Waals surface area contributed by atoms with Gasteiger partial charge in [0.15, 0.2) is 11.7 Å². The molecular weight excluding hydrogens is 423 g/mol. The van der Waals surface area contributed by atoms with Gasteiger partial charge in [-0.25, -0.2) is 14.2 Å². The van der Waals surface area contributed by atoms with Crippen LogP contribution in [-0.2, 0) is 6.54 Å². The Bertz CT molecular complexity index is 1150. The number of carboxylic acid groups (broad SMARTS) is 1. The van der Waals surface area contributed by atoms with E-state index in [-0.39, 0.29) is 29.4 Å². The third-order valence-electron chi connectivity index (χ3n) is 6.05. The van der Waals surface area contributed by atoms with Crippen LogP contribution < -0.4 is 5.73 Å². The first-order valence-electron chi connectivity index (χ1n) is 11.1. The second-order valence-corrected chi connectivity index (χ2v) is 8.22. The van der Waals surface area contributed by atoms with Crippen molar-refractivity contribution in [1.29, 1.82) is 0 Å². The molecule has 0 aliphatic carbocycles. The third kappa shape index (κ3) is 4.89. The first-order valence-corrected chi connectivity index (χ1v) is 11.1. The van der Waals surface area contributed by atoms with Crippen LogP contribution in [-0.4, -0.2) is 40.2 Å². The molecule has 33 heavy (non-hydrogen) atoms. The van der Waals surface area contributed by atoms with Crippen LogP contribution in [0.4, 0.5) is 4.39 Å². The summed E-state index contributed by atoms with van der Waals surface area (Å²) in [6.45, 7) is 3.44. The molecule has 0 amide bonds. The summed E-state index contributed by atoms with van der Waals surface area (Å²) < 4.78 is 20.3. The maximum absolute atomic E-state index is 14.9. The molecule has 1 unspecified atom stereocenters. The summed E-state index contributed by atoms with van der Waals surface area (Å²) in [6, 6.07) is 14.1. The minimum Gasteiger partial charge on any atom is -0.477 e. The summed E-state index contributed by atoms with van der Waals surface area (Å²) in [6.07, 6.45) is 3.29. The Hall–Kier alpha value is -3.68. The van der Waals surface area contributed by atoms with Crippen LogP contribution in [0, 0.1) is 5.82 Å². The number of aliphatic imine (C=N–C) groups is 1. The first kappa shape index (κ1) is 22.5. The van der Waals surface area contributed by atoms with Crippen molar-refractivity contribution in [3.63, 3.8) is 0 Å². The lowest BCUT2D eigenvalue weighted by Crippen LogP contribution is -2.40. The lowest BCUT2D eigenvalue weighted by atomic mass is 9.93. The van der Waals surface area contributed by atoms with Gasteiger partial charge in [-0.05, 0) is 36.5 Å².